The Hall–Kier alpha value is -0.320. The molecule has 0 radical (unpaired) electrons. The Bertz CT molecular complexity index is 237. The maximum Gasteiger partial charge on any atom is 0.166 e. The van der Waals surface area contributed by atoms with Gasteiger partial charge < -0.3 is 5.11 Å². The number of phenolic OH excluding ortho intramolecular Hbond substituents is 1. The fourth-order valence-corrected chi connectivity index (χ4v) is 1.44. The van der Waals surface area contributed by atoms with Gasteiger partial charge in [-0.2, -0.15) is 0 Å². The van der Waals surface area contributed by atoms with Crippen LogP contribution in [0.5, 0.6) is 5.75 Å². The number of halogens is 2. The molecule has 0 aliphatic rings. The molecule has 54 valence electrons. The van der Waals surface area contributed by atoms with Crippen LogP contribution in [-0.4, -0.2) is 5.11 Å². The van der Waals surface area contributed by atoms with Crippen molar-refractivity contribution in [1.29, 1.82) is 0 Å². The van der Waals surface area contributed by atoms with Crippen molar-refractivity contribution in [2.75, 3.05) is 0 Å². The molecular weight excluding hydrogens is 246 g/mol. The second-order valence-electron chi connectivity index (χ2n) is 2.08. The molecule has 3 heteroatoms. The van der Waals surface area contributed by atoms with E-state index in [2.05, 4.69) is 0 Å². The number of hydrogen-bond donors (Lipinski definition) is 1. The van der Waals surface area contributed by atoms with E-state index in [9.17, 15) is 4.39 Å². The van der Waals surface area contributed by atoms with E-state index >= 15 is 0 Å². The number of aromatic hydroxyl groups is 1. The first-order valence-electron chi connectivity index (χ1n) is 2.76. The lowest BCUT2D eigenvalue weighted by atomic mass is 10.2. The molecule has 0 saturated carbocycles. The zero-order valence-corrected chi connectivity index (χ0v) is 7.52. The summed E-state index contributed by atoms with van der Waals surface area (Å²) in [5.74, 6) is -0.810. The molecule has 1 nitrogen and oxygen atoms in total. The maximum atomic E-state index is 12.6. The summed E-state index contributed by atoms with van der Waals surface area (Å²) < 4.78 is 13.1. The van der Waals surface area contributed by atoms with Crippen LogP contribution in [0.2, 0.25) is 0 Å². The van der Waals surface area contributed by atoms with Gasteiger partial charge >= 0.3 is 0 Å². The Labute approximate surface area is 72.0 Å². The van der Waals surface area contributed by atoms with Crippen molar-refractivity contribution in [3.63, 3.8) is 0 Å². The van der Waals surface area contributed by atoms with E-state index in [4.69, 9.17) is 5.11 Å². The highest BCUT2D eigenvalue weighted by Crippen LogP contribution is 2.23. The lowest BCUT2D eigenvalue weighted by Gasteiger charge is -1.98. The summed E-state index contributed by atoms with van der Waals surface area (Å²) in [7, 11) is 0. The number of benzene rings is 1. The van der Waals surface area contributed by atoms with Crippen molar-refractivity contribution in [2.45, 2.75) is 6.92 Å². The third-order valence-corrected chi connectivity index (χ3v) is 1.98. The molecule has 0 spiro atoms. The van der Waals surface area contributed by atoms with E-state index in [1.807, 2.05) is 22.6 Å². The van der Waals surface area contributed by atoms with Crippen LogP contribution in [-0.2, 0) is 0 Å². The van der Waals surface area contributed by atoms with Gasteiger partial charge in [0.05, 0.1) is 3.57 Å². The molecule has 0 unspecified atom stereocenters. The van der Waals surface area contributed by atoms with E-state index in [1.54, 1.807) is 13.0 Å². The first kappa shape index (κ1) is 7.78. The number of phenols is 1. The Kier molecular flexibility index (Phi) is 2.13. The van der Waals surface area contributed by atoms with E-state index < -0.39 is 5.82 Å². The molecule has 0 saturated heterocycles. The topological polar surface area (TPSA) is 20.2 Å². The van der Waals surface area contributed by atoms with Crippen LogP contribution in [0.3, 0.4) is 0 Å². The van der Waals surface area contributed by atoms with E-state index in [0.29, 0.717) is 3.57 Å². The van der Waals surface area contributed by atoms with Crippen LogP contribution in [0.1, 0.15) is 5.56 Å². The standard InChI is InChI=1S/C7H6FIO/c1-4-2-5(8)7(10)6(9)3-4/h2-3,10H,1H3. The third kappa shape index (κ3) is 1.39. The predicted molar refractivity (Wildman–Crippen MR) is 45.5 cm³/mol. The summed E-state index contributed by atoms with van der Waals surface area (Å²) in [6, 6.07) is 3.02. The van der Waals surface area contributed by atoms with E-state index in [0.717, 1.165) is 5.56 Å². The summed E-state index contributed by atoms with van der Waals surface area (Å²) in [4.78, 5) is 0. The Balaban J connectivity index is 3.31. The monoisotopic (exact) mass is 252 g/mol. The normalized spacial score (nSPS) is 9.90. The number of rotatable bonds is 0. The predicted octanol–water partition coefficient (Wildman–Crippen LogP) is 2.44. The third-order valence-electron chi connectivity index (χ3n) is 1.16. The van der Waals surface area contributed by atoms with Gasteiger partial charge in [0.15, 0.2) is 11.6 Å². The molecule has 1 aromatic rings. The zero-order valence-electron chi connectivity index (χ0n) is 5.36. The van der Waals surface area contributed by atoms with Gasteiger partial charge in [0, 0.05) is 0 Å². The van der Waals surface area contributed by atoms with Gasteiger partial charge in [0.2, 0.25) is 0 Å². The first-order chi connectivity index (χ1) is 4.61. The lowest BCUT2D eigenvalue weighted by Crippen LogP contribution is -1.82. The summed E-state index contributed by atoms with van der Waals surface area (Å²) in [6.07, 6.45) is 0. The van der Waals surface area contributed by atoms with Crippen molar-refractivity contribution in [3.05, 3.63) is 27.1 Å². The quantitative estimate of drug-likeness (QED) is 0.703. The van der Waals surface area contributed by atoms with Crippen molar-refractivity contribution in [3.8, 4) is 5.75 Å². The zero-order chi connectivity index (χ0) is 7.72. The van der Waals surface area contributed by atoms with Crippen LogP contribution in [0, 0.1) is 16.3 Å². The van der Waals surface area contributed by atoms with Crippen LogP contribution >= 0.6 is 22.6 Å². The minimum absolute atomic E-state index is 0.258. The van der Waals surface area contributed by atoms with Gasteiger partial charge in [0.25, 0.3) is 0 Å². The van der Waals surface area contributed by atoms with E-state index in [1.165, 1.54) is 6.07 Å². The average molecular weight is 252 g/mol. The summed E-state index contributed by atoms with van der Waals surface area (Å²) in [6.45, 7) is 1.78. The highest BCUT2D eigenvalue weighted by molar-refractivity contribution is 14.1. The molecule has 0 aromatic heterocycles. The summed E-state index contributed by atoms with van der Waals surface area (Å²) >= 11 is 1.89. The van der Waals surface area contributed by atoms with Crippen molar-refractivity contribution in [1.82, 2.24) is 0 Å². The van der Waals surface area contributed by atoms with Crippen LogP contribution in [0.4, 0.5) is 4.39 Å². The molecule has 1 rings (SSSR count). The van der Waals surface area contributed by atoms with Crippen molar-refractivity contribution in [2.24, 2.45) is 0 Å². The first-order valence-corrected chi connectivity index (χ1v) is 3.84. The molecule has 10 heavy (non-hydrogen) atoms. The van der Waals surface area contributed by atoms with Crippen molar-refractivity contribution >= 4 is 22.6 Å². The molecule has 0 heterocycles. The lowest BCUT2D eigenvalue weighted by molar-refractivity contribution is 0.428. The molecule has 0 atom stereocenters. The molecule has 0 aliphatic heterocycles. The van der Waals surface area contributed by atoms with E-state index in [-0.39, 0.29) is 5.75 Å². The van der Waals surface area contributed by atoms with Crippen molar-refractivity contribution < 1.29 is 9.50 Å². The average Bonchev–Trinajstić information content (AvgIpc) is 1.82. The van der Waals surface area contributed by atoms with Crippen LogP contribution in [0.25, 0.3) is 0 Å². The maximum absolute atomic E-state index is 12.6. The SMILES string of the molecule is Cc1cc(F)c(O)c(I)c1. The minimum atomic E-state index is -0.551. The fourth-order valence-electron chi connectivity index (χ4n) is 0.692. The molecule has 0 amide bonds. The molecule has 0 aliphatic carbocycles. The Morgan fingerprint density at radius 2 is 2.10 bits per heavy atom. The van der Waals surface area contributed by atoms with Crippen LogP contribution < -0.4 is 0 Å². The smallest absolute Gasteiger partial charge is 0.166 e. The minimum Gasteiger partial charge on any atom is -0.504 e. The van der Waals surface area contributed by atoms with Gasteiger partial charge in [-0.3, -0.25) is 0 Å². The van der Waals surface area contributed by atoms with Gasteiger partial charge in [-0.25, -0.2) is 4.39 Å². The highest BCUT2D eigenvalue weighted by Gasteiger charge is 2.04. The molecule has 0 fully saturated rings. The Morgan fingerprint density at radius 1 is 1.50 bits per heavy atom. The molecule has 1 aromatic carbocycles. The summed E-state index contributed by atoms with van der Waals surface area (Å²) in [5.41, 5.74) is 0.819. The van der Waals surface area contributed by atoms with Crippen LogP contribution in [0.15, 0.2) is 12.1 Å². The molecule has 0 bridgehead atoms. The summed E-state index contributed by atoms with van der Waals surface area (Å²) in [5, 5.41) is 8.95. The van der Waals surface area contributed by atoms with Gasteiger partial charge in [-0.1, -0.05) is 0 Å². The Morgan fingerprint density at radius 3 is 2.60 bits per heavy atom. The van der Waals surface area contributed by atoms with Gasteiger partial charge in [-0.15, -0.1) is 0 Å². The van der Waals surface area contributed by atoms with Gasteiger partial charge in [0.1, 0.15) is 0 Å². The number of aryl methyl sites for hydroxylation is 1. The largest absolute Gasteiger partial charge is 0.504 e. The molecule has 1 N–H and O–H groups in total. The van der Waals surface area contributed by atoms with Gasteiger partial charge in [-0.05, 0) is 47.2 Å². The molecular formula is C7H6FIO. The highest BCUT2D eigenvalue weighted by atomic mass is 127. The number of hydrogen-bond acceptors (Lipinski definition) is 1. The fraction of sp³-hybridized carbons (Fsp3) is 0.143. The second-order valence-corrected chi connectivity index (χ2v) is 3.24. The second kappa shape index (κ2) is 2.74.